The summed E-state index contributed by atoms with van der Waals surface area (Å²) in [5.74, 6) is 0.134. The van der Waals surface area contributed by atoms with Crippen LogP contribution in [0.1, 0.15) is 21.5 Å². The van der Waals surface area contributed by atoms with E-state index in [-0.39, 0.29) is 5.56 Å². The normalized spacial score (nSPS) is 9.80. The lowest BCUT2D eigenvalue weighted by Crippen LogP contribution is -1.97. The summed E-state index contributed by atoms with van der Waals surface area (Å²) in [6, 6.07) is 14.0. The Labute approximate surface area is 116 Å². The highest BCUT2D eigenvalue weighted by Crippen LogP contribution is 2.26. The predicted octanol–water partition coefficient (Wildman–Crippen LogP) is 3.55. The Balaban J connectivity index is 2.23. The van der Waals surface area contributed by atoms with Crippen LogP contribution in [0.15, 0.2) is 42.5 Å². The van der Waals surface area contributed by atoms with Gasteiger partial charge in [0.15, 0.2) is 0 Å². The molecule has 2 aromatic carbocycles. The molecule has 2 rings (SSSR count). The predicted molar refractivity (Wildman–Crippen MR) is 74.0 cm³/mol. The van der Waals surface area contributed by atoms with E-state index in [9.17, 15) is 4.79 Å². The summed E-state index contributed by atoms with van der Waals surface area (Å²) < 4.78 is 5.69. The van der Waals surface area contributed by atoms with Crippen molar-refractivity contribution in [1.82, 2.24) is 0 Å². The number of hydrogen-bond acceptors (Lipinski definition) is 3. The van der Waals surface area contributed by atoms with Crippen molar-refractivity contribution in [2.45, 2.75) is 13.3 Å². The van der Waals surface area contributed by atoms with Crippen LogP contribution in [0, 0.1) is 18.3 Å². The minimum absolute atomic E-state index is 0.187. The molecule has 0 aliphatic rings. The second kappa shape index (κ2) is 5.89. The number of benzene rings is 2. The zero-order valence-corrected chi connectivity index (χ0v) is 11.0. The third kappa shape index (κ3) is 3.15. The van der Waals surface area contributed by atoms with Crippen molar-refractivity contribution in [2.75, 3.05) is 0 Å². The number of carbonyl (C=O) groups is 1. The van der Waals surface area contributed by atoms with Gasteiger partial charge in [-0.25, -0.2) is 4.79 Å². The quantitative estimate of drug-likeness (QED) is 0.919. The molecule has 4 nitrogen and oxygen atoms in total. The standard InChI is InChI=1S/C16H13NO3/c1-11-2-5-13(16(18)19)10-15(11)20-14-6-3-12(4-7-14)8-9-17/h2-7,10H,8H2,1H3,(H,18,19). The van der Waals surface area contributed by atoms with Crippen molar-refractivity contribution in [1.29, 1.82) is 5.26 Å². The first kappa shape index (κ1) is 13.6. The molecule has 0 radical (unpaired) electrons. The minimum Gasteiger partial charge on any atom is -0.478 e. The molecule has 0 heterocycles. The second-order valence-electron chi connectivity index (χ2n) is 4.37. The fourth-order valence-electron chi connectivity index (χ4n) is 1.74. The number of hydrogen-bond donors (Lipinski definition) is 1. The number of aromatic carboxylic acids is 1. The van der Waals surface area contributed by atoms with E-state index in [1.807, 2.05) is 19.1 Å². The van der Waals surface area contributed by atoms with Crippen LogP contribution in [-0.4, -0.2) is 11.1 Å². The van der Waals surface area contributed by atoms with E-state index in [0.29, 0.717) is 17.9 Å². The van der Waals surface area contributed by atoms with Gasteiger partial charge in [0.2, 0.25) is 0 Å². The van der Waals surface area contributed by atoms with Crippen molar-refractivity contribution in [3.8, 4) is 17.6 Å². The first-order chi connectivity index (χ1) is 9.60. The maximum atomic E-state index is 10.9. The number of nitriles is 1. The molecular weight excluding hydrogens is 254 g/mol. The van der Waals surface area contributed by atoms with Gasteiger partial charge >= 0.3 is 5.97 Å². The van der Waals surface area contributed by atoms with Crippen molar-refractivity contribution >= 4 is 5.97 Å². The topological polar surface area (TPSA) is 70.3 Å². The molecule has 0 saturated heterocycles. The number of carboxylic acid groups (broad SMARTS) is 1. The lowest BCUT2D eigenvalue weighted by molar-refractivity contribution is 0.0696. The molecule has 0 bridgehead atoms. The van der Waals surface area contributed by atoms with Gasteiger partial charge in [0.25, 0.3) is 0 Å². The molecule has 1 N–H and O–H groups in total. The molecule has 0 fully saturated rings. The highest BCUT2D eigenvalue weighted by Gasteiger charge is 2.08. The molecule has 2 aromatic rings. The van der Waals surface area contributed by atoms with Gasteiger partial charge in [0, 0.05) is 0 Å². The van der Waals surface area contributed by atoms with Crippen LogP contribution < -0.4 is 4.74 Å². The van der Waals surface area contributed by atoms with Crippen molar-refractivity contribution in [3.63, 3.8) is 0 Å². The van der Waals surface area contributed by atoms with Crippen LogP contribution in [0.25, 0.3) is 0 Å². The average Bonchev–Trinajstić information content (AvgIpc) is 2.43. The monoisotopic (exact) mass is 267 g/mol. The fraction of sp³-hybridized carbons (Fsp3) is 0.125. The number of nitrogens with zero attached hydrogens (tertiary/aromatic N) is 1. The smallest absolute Gasteiger partial charge is 0.335 e. The van der Waals surface area contributed by atoms with E-state index in [1.165, 1.54) is 6.07 Å². The zero-order valence-electron chi connectivity index (χ0n) is 11.0. The molecule has 0 saturated carbocycles. The molecule has 0 amide bonds. The number of rotatable bonds is 4. The van der Waals surface area contributed by atoms with Gasteiger partial charge in [-0.05, 0) is 42.3 Å². The average molecular weight is 267 g/mol. The second-order valence-corrected chi connectivity index (χ2v) is 4.37. The summed E-state index contributed by atoms with van der Waals surface area (Å²) in [7, 11) is 0. The van der Waals surface area contributed by atoms with Crippen LogP contribution >= 0.6 is 0 Å². The Hall–Kier alpha value is -2.80. The van der Waals surface area contributed by atoms with E-state index < -0.39 is 5.97 Å². The van der Waals surface area contributed by atoms with Crippen molar-refractivity contribution in [2.24, 2.45) is 0 Å². The van der Waals surface area contributed by atoms with Gasteiger partial charge in [-0.15, -0.1) is 0 Å². The van der Waals surface area contributed by atoms with Crippen LogP contribution in [0.2, 0.25) is 0 Å². The van der Waals surface area contributed by atoms with Gasteiger partial charge < -0.3 is 9.84 Å². The largest absolute Gasteiger partial charge is 0.478 e. The lowest BCUT2D eigenvalue weighted by atomic mass is 10.1. The van der Waals surface area contributed by atoms with Gasteiger partial charge in [0.05, 0.1) is 18.1 Å². The first-order valence-electron chi connectivity index (χ1n) is 6.08. The van der Waals surface area contributed by atoms with E-state index in [0.717, 1.165) is 11.1 Å². The van der Waals surface area contributed by atoms with E-state index in [4.69, 9.17) is 15.1 Å². The van der Waals surface area contributed by atoms with Gasteiger partial charge in [-0.2, -0.15) is 5.26 Å². The third-order valence-corrected chi connectivity index (χ3v) is 2.87. The van der Waals surface area contributed by atoms with Crippen molar-refractivity contribution in [3.05, 3.63) is 59.2 Å². The molecule has 0 aliphatic heterocycles. The Kier molecular flexibility index (Phi) is 4.02. The van der Waals surface area contributed by atoms with Gasteiger partial charge in [-0.3, -0.25) is 0 Å². The molecule has 20 heavy (non-hydrogen) atoms. The molecule has 0 atom stereocenters. The summed E-state index contributed by atoms with van der Waals surface area (Å²) in [5.41, 5.74) is 1.96. The molecule has 4 heteroatoms. The van der Waals surface area contributed by atoms with E-state index in [1.54, 1.807) is 24.3 Å². The molecule has 0 aromatic heterocycles. The summed E-state index contributed by atoms with van der Waals surface area (Å²) >= 11 is 0. The SMILES string of the molecule is Cc1ccc(C(=O)O)cc1Oc1ccc(CC#N)cc1. The minimum atomic E-state index is -0.987. The Morgan fingerprint density at radius 2 is 1.95 bits per heavy atom. The summed E-state index contributed by atoms with van der Waals surface area (Å²) in [6.45, 7) is 1.85. The highest BCUT2D eigenvalue weighted by molar-refractivity contribution is 5.88. The molecule has 0 unspecified atom stereocenters. The van der Waals surface area contributed by atoms with Crippen LogP contribution in [0.5, 0.6) is 11.5 Å². The lowest BCUT2D eigenvalue weighted by Gasteiger charge is -2.09. The molecular formula is C16H13NO3. The molecule has 100 valence electrons. The van der Waals surface area contributed by atoms with Crippen LogP contribution in [0.4, 0.5) is 0 Å². The zero-order chi connectivity index (χ0) is 14.5. The van der Waals surface area contributed by atoms with Crippen LogP contribution in [0.3, 0.4) is 0 Å². The Bertz CT molecular complexity index is 669. The van der Waals surface area contributed by atoms with E-state index >= 15 is 0 Å². The molecule has 0 aliphatic carbocycles. The van der Waals surface area contributed by atoms with Crippen molar-refractivity contribution < 1.29 is 14.6 Å². The Morgan fingerprint density at radius 3 is 2.55 bits per heavy atom. The van der Waals surface area contributed by atoms with Crippen LogP contribution in [-0.2, 0) is 6.42 Å². The maximum absolute atomic E-state index is 10.9. The first-order valence-corrected chi connectivity index (χ1v) is 6.08. The third-order valence-electron chi connectivity index (χ3n) is 2.87. The van der Waals surface area contributed by atoms with Gasteiger partial charge in [-0.1, -0.05) is 18.2 Å². The number of ether oxygens (including phenoxy) is 1. The number of carboxylic acids is 1. The summed E-state index contributed by atoms with van der Waals surface area (Å²) in [6.07, 6.45) is 0.355. The maximum Gasteiger partial charge on any atom is 0.335 e. The molecule has 0 spiro atoms. The van der Waals surface area contributed by atoms with E-state index in [2.05, 4.69) is 6.07 Å². The highest BCUT2D eigenvalue weighted by atomic mass is 16.5. The summed E-state index contributed by atoms with van der Waals surface area (Å²) in [5, 5.41) is 17.6. The van der Waals surface area contributed by atoms with Gasteiger partial charge in [0.1, 0.15) is 11.5 Å². The Morgan fingerprint density at radius 1 is 1.25 bits per heavy atom. The number of aryl methyl sites for hydroxylation is 1. The summed E-state index contributed by atoms with van der Waals surface area (Å²) in [4.78, 5) is 10.9. The fourth-order valence-corrected chi connectivity index (χ4v) is 1.74.